The largest absolute Gasteiger partial charge is 0.481 e. The molecule has 2 aromatic carbocycles. The van der Waals surface area contributed by atoms with Crippen LogP contribution in [0.3, 0.4) is 0 Å². The summed E-state index contributed by atoms with van der Waals surface area (Å²) in [5.41, 5.74) is 9.12. The van der Waals surface area contributed by atoms with Crippen molar-refractivity contribution < 1.29 is 24.5 Å². The molecule has 3 N–H and O–H groups in total. The van der Waals surface area contributed by atoms with Crippen molar-refractivity contribution >= 4 is 11.7 Å². The highest BCUT2D eigenvalue weighted by Crippen LogP contribution is 2.42. The van der Waals surface area contributed by atoms with E-state index in [0.29, 0.717) is 11.4 Å². The van der Waals surface area contributed by atoms with Crippen molar-refractivity contribution in [2.45, 2.75) is 99.4 Å². The van der Waals surface area contributed by atoms with Gasteiger partial charge in [0, 0.05) is 49.5 Å². The maximum absolute atomic E-state index is 13.6. The number of aliphatic hydroxyl groups is 2. The van der Waals surface area contributed by atoms with E-state index in [9.17, 15) is 19.4 Å². The summed E-state index contributed by atoms with van der Waals surface area (Å²) in [4.78, 5) is 21.4. The highest BCUT2D eigenvalue weighted by molar-refractivity contribution is 5.86. The van der Waals surface area contributed by atoms with E-state index in [2.05, 4.69) is 41.8 Å². The number of rotatable bonds is 7. The fourth-order valence-corrected chi connectivity index (χ4v) is 6.23. The molecule has 0 spiro atoms. The Bertz CT molecular complexity index is 1510. The molecule has 5 rings (SSSR count). The molecule has 0 amide bonds. The number of hydrogen-bond donors (Lipinski definition) is 3. The number of carboxylic acid groups (broad SMARTS) is 1. The zero-order chi connectivity index (χ0) is 33.1. The van der Waals surface area contributed by atoms with Crippen LogP contribution < -0.4 is 4.90 Å². The van der Waals surface area contributed by atoms with Gasteiger partial charge in [0.2, 0.25) is 0 Å². The number of aryl methyl sites for hydroxylation is 2. The quantitative estimate of drug-likeness (QED) is 0.275. The molecule has 7 nitrogen and oxygen atoms in total. The van der Waals surface area contributed by atoms with Crippen molar-refractivity contribution in [1.82, 2.24) is 9.88 Å². The van der Waals surface area contributed by atoms with Crippen molar-refractivity contribution in [1.29, 1.82) is 0 Å². The summed E-state index contributed by atoms with van der Waals surface area (Å²) >= 11 is 0. The number of piperidine rings is 1. The second kappa shape index (κ2) is 14.0. The molecule has 0 radical (unpaired) electrons. The first kappa shape index (κ1) is 34.5. The Hall–Kier alpha value is -3.33. The van der Waals surface area contributed by atoms with Gasteiger partial charge in [-0.05, 0) is 99.2 Å². The number of carboxylic acids is 1. The third kappa shape index (κ3) is 9.12. The monoisotopic (exact) mass is 619 g/mol. The Kier molecular flexibility index (Phi) is 10.7. The van der Waals surface area contributed by atoms with Crippen LogP contribution in [0.1, 0.15) is 86.7 Å². The first-order valence-corrected chi connectivity index (χ1v) is 16.0. The molecule has 45 heavy (non-hydrogen) atoms. The summed E-state index contributed by atoms with van der Waals surface area (Å²) in [7, 11) is 0. The van der Waals surface area contributed by atoms with Gasteiger partial charge in [0.25, 0.3) is 0 Å². The molecule has 244 valence electrons. The number of anilines is 1. The van der Waals surface area contributed by atoms with Crippen LogP contribution in [0, 0.1) is 25.1 Å². The average molecular weight is 620 g/mol. The SMILES string of the molecule is CC(C)(C)O.Cc1cc(F)ccc1CN1CCc2cc(-c3c(CO)nc(C)c(CC(=O)O)c3N3CCC(C)(C)CC3)ccc2C1. The van der Waals surface area contributed by atoms with E-state index < -0.39 is 11.6 Å². The second-order valence-electron chi connectivity index (χ2n) is 14.4. The molecular formula is C37H50FN3O4. The maximum Gasteiger partial charge on any atom is 0.307 e. The van der Waals surface area contributed by atoms with E-state index in [0.717, 1.165) is 85.5 Å². The van der Waals surface area contributed by atoms with Crippen molar-refractivity contribution in [2.75, 3.05) is 24.5 Å². The molecule has 0 bridgehead atoms. The lowest BCUT2D eigenvalue weighted by Gasteiger charge is -2.40. The standard InChI is InChI=1S/C33H40FN3O3.C4H10O/c1-21-15-27(34)8-7-25(21)18-36-12-9-23-16-24(5-6-26(23)19-36)31-29(20-38)35-22(2)28(17-30(39)40)32(31)37-13-10-33(3,4)11-14-37;1-4(2,3)5/h5-8,15-16,38H,9-14,17-20H2,1-4H3,(H,39,40);5H,1-3H3. The number of benzene rings is 2. The molecule has 8 heteroatoms. The number of nitrogens with zero attached hydrogens (tertiary/aromatic N) is 3. The number of halogens is 1. The minimum Gasteiger partial charge on any atom is -0.481 e. The zero-order valence-electron chi connectivity index (χ0n) is 28.0. The summed E-state index contributed by atoms with van der Waals surface area (Å²) in [5.74, 6) is -1.09. The minimum atomic E-state index is -0.881. The van der Waals surface area contributed by atoms with Gasteiger partial charge < -0.3 is 20.2 Å². The zero-order valence-corrected chi connectivity index (χ0v) is 28.0. The molecule has 0 unspecified atom stereocenters. The molecule has 3 heterocycles. The first-order valence-electron chi connectivity index (χ1n) is 16.0. The number of carbonyl (C=O) groups is 1. The van der Waals surface area contributed by atoms with Crippen LogP contribution in [-0.4, -0.2) is 56.4 Å². The van der Waals surface area contributed by atoms with E-state index >= 15 is 0 Å². The van der Waals surface area contributed by atoms with Gasteiger partial charge in [-0.25, -0.2) is 4.39 Å². The third-order valence-electron chi connectivity index (χ3n) is 8.75. The predicted molar refractivity (Wildman–Crippen MR) is 178 cm³/mol. The van der Waals surface area contributed by atoms with Gasteiger partial charge in [-0.2, -0.15) is 0 Å². The normalized spacial score (nSPS) is 16.5. The van der Waals surface area contributed by atoms with Crippen molar-refractivity contribution in [2.24, 2.45) is 5.41 Å². The number of pyridine rings is 1. The summed E-state index contributed by atoms with van der Waals surface area (Å²) in [6, 6.07) is 11.5. The Balaban J connectivity index is 0.000000854. The van der Waals surface area contributed by atoms with Gasteiger partial charge in [0.15, 0.2) is 0 Å². The van der Waals surface area contributed by atoms with Crippen LogP contribution >= 0.6 is 0 Å². The third-order valence-corrected chi connectivity index (χ3v) is 8.75. The molecule has 0 atom stereocenters. The number of aromatic nitrogens is 1. The number of aliphatic hydroxyl groups excluding tert-OH is 1. The molecule has 2 aliphatic heterocycles. The lowest BCUT2D eigenvalue weighted by molar-refractivity contribution is -0.136. The van der Waals surface area contributed by atoms with Gasteiger partial charge >= 0.3 is 5.97 Å². The van der Waals surface area contributed by atoms with Gasteiger partial charge in [-0.1, -0.05) is 38.1 Å². The van der Waals surface area contributed by atoms with E-state index in [-0.39, 0.29) is 24.3 Å². The molecule has 3 aromatic rings. The summed E-state index contributed by atoms with van der Waals surface area (Å²) in [5, 5.41) is 28.7. The Morgan fingerprint density at radius 3 is 2.29 bits per heavy atom. The Morgan fingerprint density at radius 1 is 1.02 bits per heavy atom. The van der Waals surface area contributed by atoms with E-state index in [4.69, 9.17) is 10.1 Å². The maximum atomic E-state index is 13.6. The first-order chi connectivity index (χ1) is 21.0. The fraction of sp³-hybridized carbons (Fsp3) is 0.514. The minimum absolute atomic E-state index is 0.102. The Labute approximate surface area is 267 Å². The van der Waals surface area contributed by atoms with Crippen molar-refractivity contribution in [3.05, 3.63) is 81.4 Å². The summed E-state index contributed by atoms with van der Waals surface area (Å²) < 4.78 is 13.6. The second-order valence-corrected chi connectivity index (χ2v) is 14.4. The lowest BCUT2D eigenvalue weighted by atomic mass is 9.81. The van der Waals surface area contributed by atoms with Crippen LogP contribution in [0.4, 0.5) is 10.1 Å². The molecule has 0 saturated carbocycles. The molecule has 1 fully saturated rings. The highest BCUT2D eigenvalue weighted by Gasteiger charge is 2.31. The van der Waals surface area contributed by atoms with Crippen molar-refractivity contribution in [3.8, 4) is 11.1 Å². The van der Waals surface area contributed by atoms with Gasteiger partial charge in [-0.15, -0.1) is 0 Å². The smallest absolute Gasteiger partial charge is 0.307 e. The van der Waals surface area contributed by atoms with Gasteiger partial charge in [-0.3, -0.25) is 14.7 Å². The number of hydrogen-bond acceptors (Lipinski definition) is 6. The summed E-state index contributed by atoms with van der Waals surface area (Å²) in [6.45, 7) is 17.5. The summed E-state index contributed by atoms with van der Waals surface area (Å²) in [6.07, 6.45) is 2.81. The lowest BCUT2D eigenvalue weighted by Crippen LogP contribution is -2.38. The topological polar surface area (TPSA) is 97.1 Å². The highest BCUT2D eigenvalue weighted by atomic mass is 19.1. The van der Waals surface area contributed by atoms with Gasteiger partial charge in [0.1, 0.15) is 5.82 Å². The number of aliphatic carboxylic acids is 1. The van der Waals surface area contributed by atoms with Gasteiger partial charge in [0.05, 0.1) is 30.0 Å². The van der Waals surface area contributed by atoms with Crippen LogP contribution in [-0.2, 0) is 37.3 Å². The number of fused-ring (bicyclic) bond motifs is 1. The van der Waals surface area contributed by atoms with Crippen LogP contribution in [0.5, 0.6) is 0 Å². The Morgan fingerprint density at radius 2 is 1.69 bits per heavy atom. The molecular weight excluding hydrogens is 569 g/mol. The molecule has 1 saturated heterocycles. The molecule has 1 aromatic heterocycles. The van der Waals surface area contributed by atoms with E-state index in [1.54, 1.807) is 26.8 Å². The average Bonchev–Trinajstić information content (AvgIpc) is 2.94. The van der Waals surface area contributed by atoms with Crippen molar-refractivity contribution in [3.63, 3.8) is 0 Å². The molecule has 2 aliphatic rings. The van der Waals surface area contributed by atoms with Crippen LogP contribution in [0.2, 0.25) is 0 Å². The van der Waals surface area contributed by atoms with E-state index in [1.807, 2.05) is 19.9 Å². The predicted octanol–water partition coefficient (Wildman–Crippen LogP) is 6.59. The molecule has 0 aliphatic carbocycles. The fourth-order valence-electron chi connectivity index (χ4n) is 6.23. The van der Waals surface area contributed by atoms with Crippen LogP contribution in [0.25, 0.3) is 11.1 Å². The van der Waals surface area contributed by atoms with Crippen LogP contribution in [0.15, 0.2) is 36.4 Å². The van der Waals surface area contributed by atoms with E-state index in [1.165, 1.54) is 17.2 Å².